The first-order valence-electron chi connectivity index (χ1n) is 16.7. The Bertz CT molecular complexity index is 3050. The van der Waals surface area contributed by atoms with E-state index in [-0.39, 0.29) is 5.69 Å². The quantitative estimate of drug-likeness (QED) is 0.0962. The van der Waals surface area contributed by atoms with Crippen molar-refractivity contribution in [3.63, 3.8) is 0 Å². The van der Waals surface area contributed by atoms with Crippen LogP contribution in [0.3, 0.4) is 0 Å². The molecule has 9 nitrogen and oxygen atoms in total. The number of nitro benzene ring substituents is 1. The van der Waals surface area contributed by atoms with Crippen molar-refractivity contribution >= 4 is 76.6 Å². The number of hydrogen-bond donors (Lipinski definition) is 0. The van der Waals surface area contributed by atoms with Gasteiger partial charge in [0.05, 0.1) is 26.0 Å². The van der Waals surface area contributed by atoms with E-state index in [0.29, 0.717) is 73.8 Å². The van der Waals surface area contributed by atoms with Crippen LogP contribution in [0.1, 0.15) is 0 Å². The van der Waals surface area contributed by atoms with Crippen molar-refractivity contribution in [1.82, 2.24) is 9.13 Å². The maximum absolute atomic E-state index is 11.6. The third-order valence-corrected chi connectivity index (χ3v) is 10.6. The SMILES string of the molecule is C=CCn1c2ccccc2c2cc3c(cc21)Oc1c(-c2ccc([N+](=O)[O-])cc2)c2c(c(Br)c1=N3)Oc1cc3c(cc1N=2)c1ccccc1n3CC=C. The van der Waals surface area contributed by atoms with Gasteiger partial charge in [-0.1, -0.05) is 48.6 Å². The van der Waals surface area contributed by atoms with E-state index in [4.69, 9.17) is 19.5 Å². The molecule has 2 aromatic heterocycles. The maximum Gasteiger partial charge on any atom is 0.269 e. The van der Waals surface area contributed by atoms with Crippen LogP contribution < -0.4 is 20.2 Å². The largest absolute Gasteiger partial charge is 0.452 e. The van der Waals surface area contributed by atoms with E-state index in [1.807, 2.05) is 48.6 Å². The molecule has 0 saturated heterocycles. The first-order valence-corrected chi connectivity index (χ1v) is 17.5. The van der Waals surface area contributed by atoms with E-state index in [9.17, 15) is 10.1 Å². The van der Waals surface area contributed by atoms with Gasteiger partial charge >= 0.3 is 0 Å². The Morgan fingerprint density at radius 1 is 0.673 bits per heavy atom. The van der Waals surface area contributed by atoms with Gasteiger partial charge in [-0.3, -0.25) is 10.1 Å². The molecule has 10 heteroatoms. The van der Waals surface area contributed by atoms with Gasteiger partial charge in [0.15, 0.2) is 23.0 Å². The van der Waals surface area contributed by atoms with Crippen molar-refractivity contribution < 1.29 is 14.4 Å². The lowest BCUT2D eigenvalue weighted by Crippen LogP contribution is -2.24. The number of nitrogens with zero attached hydrogens (tertiary/aromatic N) is 5. The molecule has 2 aliphatic heterocycles. The predicted molar refractivity (Wildman–Crippen MR) is 207 cm³/mol. The number of non-ortho nitro benzene ring substituents is 1. The number of halogens is 1. The number of fused-ring (bicyclic) bond motifs is 10. The van der Waals surface area contributed by atoms with Crippen LogP contribution in [0, 0.1) is 10.1 Å². The Hall–Kier alpha value is -6.52. The third kappa shape index (κ3) is 4.27. The molecule has 4 heterocycles. The summed E-state index contributed by atoms with van der Waals surface area (Å²) in [5.41, 5.74) is 6.77. The van der Waals surface area contributed by atoms with Crippen molar-refractivity contribution in [3.05, 3.63) is 148 Å². The summed E-state index contributed by atoms with van der Waals surface area (Å²) >= 11 is 3.84. The molecule has 0 unspecified atom stereocenters. The Balaban J connectivity index is 1.26. The van der Waals surface area contributed by atoms with Gasteiger partial charge in [0.25, 0.3) is 5.69 Å². The Morgan fingerprint density at radius 3 is 1.73 bits per heavy atom. The fourth-order valence-electron chi connectivity index (χ4n) is 7.64. The topological polar surface area (TPSA) is 96.2 Å². The average molecular weight is 745 g/mol. The molecule has 8 aromatic rings. The standard InChI is InChI=1S/C42H26BrN5O4/c1-3-17-46-32-12-8-6-10-26(32)28-20-30-35(21-33(28)46)51-41-37(23-13-15-24(16-14-23)48(49)50)39-42(38(43)40(41)45-30)52-36-22-34-27(19-29(36)44-39)25-9-5-7-11-31(25)47(34)18-4-2/h3-16,19-22H,1-2,17-18H2. The highest BCUT2D eigenvalue weighted by Crippen LogP contribution is 2.47. The minimum Gasteiger partial charge on any atom is -0.452 e. The highest BCUT2D eigenvalue weighted by Gasteiger charge is 2.30. The minimum absolute atomic E-state index is 0.0196. The maximum atomic E-state index is 11.6. The molecule has 6 aromatic carbocycles. The number of benzene rings is 6. The van der Waals surface area contributed by atoms with E-state index < -0.39 is 4.92 Å². The second kappa shape index (κ2) is 11.2. The number of nitro groups is 1. The molecule has 0 bridgehead atoms. The summed E-state index contributed by atoms with van der Waals surface area (Å²) < 4.78 is 18.6. The van der Waals surface area contributed by atoms with Gasteiger partial charge in [-0.25, -0.2) is 9.98 Å². The molecule has 0 radical (unpaired) electrons. The van der Waals surface area contributed by atoms with Crippen LogP contribution in [0.4, 0.5) is 17.1 Å². The van der Waals surface area contributed by atoms with Crippen LogP contribution in [-0.2, 0) is 13.1 Å². The van der Waals surface area contributed by atoms with E-state index in [0.717, 1.165) is 43.6 Å². The molecule has 250 valence electrons. The van der Waals surface area contributed by atoms with Crippen molar-refractivity contribution in [2.75, 3.05) is 0 Å². The van der Waals surface area contributed by atoms with Gasteiger partial charge in [-0.15, -0.1) is 13.2 Å². The van der Waals surface area contributed by atoms with Gasteiger partial charge in [-0.2, -0.15) is 0 Å². The minimum atomic E-state index is -0.413. The van der Waals surface area contributed by atoms with Gasteiger partial charge in [0, 0.05) is 69.9 Å². The summed E-state index contributed by atoms with van der Waals surface area (Å²) in [5.74, 6) is 2.12. The summed E-state index contributed by atoms with van der Waals surface area (Å²) in [5, 5.41) is 17.0. The molecule has 10 rings (SSSR count). The Labute approximate surface area is 304 Å². The predicted octanol–water partition coefficient (Wildman–Crippen LogP) is 10.7. The lowest BCUT2D eigenvalue weighted by Gasteiger charge is -2.23. The highest BCUT2D eigenvalue weighted by molar-refractivity contribution is 9.10. The number of hydrogen-bond acceptors (Lipinski definition) is 6. The summed E-state index contributed by atoms with van der Waals surface area (Å²) in [4.78, 5) is 21.6. The highest BCUT2D eigenvalue weighted by atomic mass is 79.9. The first kappa shape index (κ1) is 30.3. The number of para-hydroxylation sites is 2. The molecule has 0 amide bonds. The number of rotatable bonds is 6. The van der Waals surface area contributed by atoms with E-state index >= 15 is 0 Å². The zero-order valence-corrected chi connectivity index (χ0v) is 29.1. The second-order valence-electron chi connectivity index (χ2n) is 12.8. The van der Waals surface area contributed by atoms with Crippen molar-refractivity contribution in [2.24, 2.45) is 9.98 Å². The lowest BCUT2D eigenvalue weighted by molar-refractivity contribution is -0.384. The monoisotopic (exact) mass is 743 g/mol. The second-order valence-corrected chi connectivity index (χ2v) is 13.6. The third-order valence-electron chi connectivity index (χ3n) is 9.89. The number of allylic oxidation sites excluding steroid dienone is 2. The van der Waals surface area contributed by atoms with Crippen LogP contribution >= 0.6 is 15.9 Å². The number of ether oxygens (including phenoxy) is 2. The van der Waals surface area contributed by atoms with Crippen molar-refractivity contribution in [3.8, 4) is 34.1 Å². The van der Waals surface area contributed by atoms with Crippen LogP contribution in [0.25, 0.3) is 54.7 Å². The average Bonchev–Trinajstić information content (AvgIpc) is 3.63. The molecule has 0 aliphatic carbocycles. The lowest BCUT2D eigenvalue weighted by atomic mass is 10.0. The molecular formula is C42H26BrN5O4. The molecular weight excluding hydrogens is 718 g/mol. The summed E-state index contributed by atoms with van der Waals surface area (Å²) in [6.45, 7) is 9.23. The zero-order valence-electron chi connectivity index (χ0n) is 27.5. The van der Waals surface area contributed by atoms with E-state index in [1.54, 1.807) is 12.1 Å². The summed E-state index contributed by atoms with van der Waals surface area (Å²) in [7, 11) is 0. The Morgan fingerprint density at radius 2 is 1.19 bits per heavy atom. The van der Waals surface area contributed by atoms with Gasteiger partial charge in [0.1, 0.15) is 22.1 Å². The molecule has 0 fully saturated rings. The molecule has 0 N–H and O–H groups in total. The van der Waals surface area contributed by atoms with Crippen LogP contribution in [0.5, 0.6) is 23.0 Å². The normalized spacial score (nSPS) is 12.6. The van der Waals surface area contributed by atoms with E-state index in [1.165, 1.54) is 12.1 Å². The first-order chi connectivity index (χ1) is 25.4. The number of aromatic nitrogens is 2. The molecule has 2 aliphatic rings. The zero-order chi connectivity index (χ0) is 35.2. The molecule has 52 heavy (non-hydrogen) atoms. The van der Waals surface area contributed by atoms with Gasteiger partial charge in [0.2, 0.25) is 0 Å². The van der Waals surface area contributed by atoms with E-state index in [2.05, 4.69) is 74.6 Å². The van der Waals surface area contributed by atoms with Gasteiger partial charge in [-0.05, 0) is 57.9 Å². The van der Waals surface area contributed by atoms with Crippen LogP contribution in [0.2, 0.25) is 0 Å². The molecule has 0 saturated carbocycles. The van der Waals surface area contributed by atoms with Crippen molar-refractivity contribution in [1.29, 1.82) is 0 Å². The molecule has 0 atom stereocenters. The fraction of sp³-hybridized carbons (Fsp3) is 0.0476. The molecule has 0 spiro atoms. The summed E-state index contributed by atoms with van der Waals surface area (Å²) in [6, 6.07) is 31.1. The smallest absolute Gasteiger partial charge is 0.269 e. The van der Waals surface area contributed by atoms with Crippen LogP contribution in [0.15, 0.2) is 137 Å². The van der Waals surface area contributed by atoms with Gasteiger partial charge < -0.3 is 18.6 Å². The Kier molecular flexibility index (Phi) is 6.56. The van der Waals surface area contributed by atoms with Crippen LogP contribution in [-0.4, -0.2) is 14.1 Å². The summed E-state index contributed by atoms with van der Waals surface area (Å²) in [6.07, 6.45) is 3.77. The van der Waals surface area contributed by atoms with Crippen molar-refractivity contribution in [2.45, 2.75) is 13.1 Å². The fourth-order valence-corrected chi connectivity index (χ4v) is 8.18.